The number of rotatable bonds is 3. The zero-order valence-corrected chi connectivity index (χ0v) is 11.6. The lowest BCUT2D eigenvalue weighted by molar-refractivity contribution is 0.0849. The first kappa shape index (κ1) is 13.8. The largest absolute Gasteiger partial charge is 0.484 e. The summed E-state index contributed by atoms with van der Waals surface area (Å²) in [4.78, 5) is 12.2. The fourth-order valence-electron chi connectivity index (χ4n) is 2.53. The van der Waals surface area contributed by atoms with Gasteiger partial charge in [-0.15, -0.1) is 0 Å². The minimum Gasteiger partial charge on any atom is -0.484 e. The first-order chi connectivity index (χ1) is 10.2. The number of Topliss-reactive ketones (excluding diaryl/α,β-unsaturated/α-hetero) is 1. The van der Waals surface area contributed by atoms with Gasteiger partial charge >= 0.3 is 0 Å². The van der Waals surface area contributed by atoms with Crippen LogP contribution < -0.4 is 4.74 Å². The minimum atomic E-state index is -0.407. The number of fused-ring (bicyclic) bond motifs is 1. The maximum atomic E-state index is 13.3. The molecule has 2 aromatic carbocycles. The molecule has 0 aliphatic carbocycles. The second-order valence-electron chi connectivity index (χ2n) is 5.05. The Morgan fingerprint density at radius 3 is 2.95 bits per heavy atom. The Kier molecular flexibility index (Phi) is 3.71. The third-order valence-electron chi connectivity index (χ3n) is 3.52. The van der Waals surface area contributed by atoms with Crippen LogP contribution in [0.2, 0.25) is 0 Å². The van der Waals surface area contributed by atoms with Crippen molar-refractivity contribution in [3.05, 3.63) is 65.0 Å². The van der Waals surface area contributed by atoms with Crippen molar-refractivity contribution >= 4 is 5.78 Å². The average Bonchev–Trinajstić information content (AvgIpc) is 2.47. The number of ether oxygens (including phenoxy) is 2. The van der Waals surface area contributed by atoms with Gasteiger partial charge in [0.05, 0.1) is 18.6 Å². The fraction of sp³-hybridized carbons (Fsp3) is 0.235. The van der Waals surface area contributed by atoms with Crippen LogP contribution in [0.5, 0.6) is 5.75 Å². The molecule has 1 aliphatic heterocycles. The number of carbonyl (C=O) groups excluding carboxylic acids is 1. The summed E-state index contributed by atoms with van der Waals surface area (Å²) in [6, 6.07) is 11.7. The molecule has 0 saturated carbocycles. The predicted octanol–water partition coefficient (Wildman–Crippen LogP) is 3.68. The Hall–Kier alpha value is -2.20. The molecule has 0 fully saturated rings. The first-order valence-electron chi connectivity index (χ1n) is 6.74. The molecule has 3 rings (SSSR count). The van der Waals surface area contributed by atoms with Crippen LogP contribution in [0.25, 0.3) is 0 Å². The zero-order valence-electron chi connectivity index (χ0n) is 11.6. The van der Waals surface area contributed by atoms with Crippen LogP contribution in [0.1, 0.15) is 34.0 Å². The summed E-state index contributed by atoms with van der Waals surface area (Å²) in [7, 11) is 1.63. The topological polar surface area (TPSA) is 35.5 Å². The van der Waals surface area contributed by atoms with Gasteiger partial charge < -0.3 is 9.47 Å². The molecule has 0 radical (unpaired) electrons. The highest BCUT2D eigenvalue weighted by molar-refractivity contribution is 6.00. The quantitative estimate of drug-likeness (QED) is 0.863. The van der Waals surface area contributed by atoms with E-state index in [9.17, 15) is 9.18 Å². The van der Waals surface area contributed by atoms with Gasteiger partial charge in [-0.3, -0.25) is 4.79 Å². The highest BCUT2D eigenvalue weighted by Gasteiger charge is 2.28. The van der Waals surface area contributed by atoms with Crippen LogP contribution in [0.15, 0.2) is 42.5 Å². The molecule has 1 unspecified atom stereocenters. The molecule has 0 aromatic heterocycles. The number of halogens is 1. The number of benzene rings is 2. The van der Waals surface area contributed by atoms with Crippen molar-refractivity contribution in [1.29, 1.82) is 0 Å². The summed E-state index contributed by atoms with van der Waals surface area (Å²) >= 11 is 0. The summed E-state index contributed by atoms with van der Waals surface area (Å²) < 4.78 is 24.2. The fourth-order valence-corrected chi connectivity index (χ4v) is 2.53. The van der Waals surface area contributed by atoms with Crippen LogP contribution in [0.3, 0.4) is 0 Å². The Bertz CT molecular complexity index is 681. The van der Waals surface area contributed by atoms with Gasteiger partial charge in [-0.05, 0) is 29.3 Å². The normalized spacial score (nSPS) is 17.2. The van der Waals surface area contributed by atoms with Gasteiger partial charge in [0.15, 0.2) is 5.78 Å². The molecule has 2 aromatic rings. The second kappa shape index (κ2) is 5.66. The summed E-state index contributed by atoms with van der Waals surface area (Å²) in [6.45, 7) is 0.500. The molecule has 3 nitrogen and oxygen atoms in total. The first-order valence-corrected chi connectivity index (χ1v) is 6.74. The summed E-state index contributed by atoms with van der Waals surface area (Å²) in [5.74, 6) is -0.123. The maximum Gasteiger partial charge on any atom is 0.170 e. The third kappa shape index (κ3) is 2.81. The van der Waals surface area contributed by atoms with Gasteiger partial charge in [-0.25, -0.2) is 4.39 Å². The smallest absolute Gasteiger partial charge is 0.170 e. The molecule has 0 N–H and O–H groups in total. The molecule has 1 atom stereocenters. The molecular weight excluding hydrogens is 271 g/mol. The van der Waals surface area contributed by atoms with E-state index in [4.69, 9.17) is 9.47 Å². The van der Waals surface area contributed by atoms with Gasteiger partial charge in [0.1, 0.15) is 17.7 Å². The van der Waals surface area contributed by atoms with E-state index in [2.05, 4.69) is 0 Å². The highest BCUT2D eigenvalue weighted by Crippen LogP contribution is 2.35. The van der Waals surface area contributed by atoms with Crippen molar-refractivity contribution in [3.8, 4) is 5.75 Å². The lowest BCUT2D eigenvalue weighted by Gasteiger charge is -2.25. The van der Waals surface area contributed by atoms with Crippen molar-refractivity contribution < 1.29 is 18.7 Å². The Morgan fingerprint density at radius 2 is 2.14 bits per heavy atom. The van der Waals surface area contributed by atoms with Crippen LogP contribution in [-0.2, 0) is 11.3 Å². The van der Waals surface area contributed by atoms with E-state index >= 15 is 0 Å². The van der Waals surface area contributed by atoms with Gasteiger partial charge in [-0.1, -0.05) is 18.2 Å². The summed E-state index contributed by atoms with van der Waals surface area (Å²) in [5, 5.41) is 0. The second-order valence-corrected chi connectivity index (χ2v) is 5.05. The monoisotopic (exact) mass is 286 g/mol. The Labute approximate surface area is 122 Å². The van der Waals surface area contributed by atoms with Crippen molar-refractivity contribution in [3.63, 3.8) is 0 Å². The molecule has 1 aliphatic rings. The van der Waals surface area contributed by atoms with Crippen molar-refractivity contribution in [2.75, 3.05) is 7.11 Å². The van der Waals surface area contributed by atoms with Gasteiger partial charge in [-0.2, -0.15) is 0 Å². The molecule has 0 bridgehead atoms. The minimum absolute atomic E-state index is 0.0293. The van der Waals surface area contributed by atoms with E-state index in [1.165, 1.54) is 18.2 Å². The van der Waals surface area contributed by atoms with E-state index in [0.717, 1.165) is 11.1 Å². The molecule has 0 saturated heterocycles. The molecule has 1 heterocycles. The van der Waals surface area contributed by atoms with Crippen LogP contribution in [0.4, 0.5) is 4.39 Å². The molecule has 0 spiro atoms. The Balaban J connectivity index is 1.91. The predicted molar refractivity (Wildman–Crippen MR) is 75.9 cm³/mol. The van der Waals surface area contributed by atoms with E-state index in [-0.39, 0.29) is 18.3 Å². The molecule has 21 heavy (non-hydrogen) atoms. The Morgan fingerprint density at radius 1 is 1.29 bits per heavy atom. The van der Waals surface area contributed by atoms with Crippen molar-refractivity contribution in [2.45, 2.75) is 19.1 Å². The van der Waals surface area contributed by atoms with E-state index in [0.29, 0.717) is 17.9 Å². The van der Waals surface area contributed by atoms with E-state index in [1.54, 1.807) is 7.11 Å². The number of hydrogen-bond donors (Lipinski definition) is 0. The maximum absolute atomic E-state index is 13.3. The molecule has 0 amide bonds. The van der Waals surface area contributed by atoms with Gasteiger partial charge in [0.25, 0.3) is 0 Å². The third-order valence-corrected chi connectivity index (χ3v) is 3.52. The summed E-state index contributed by atoms with van der Waals surface area (Å²) in [6.07, 6.45) is -0.127. The number of ketones is 1. The SMILES string of the molecule is COCc1cccc(C2CC(=O)c3ccc(F)cc3O2)c1. The zero-order chi connectivity index (χ0) is 14.8. The average molecular weight is 286 g/mol. The van der Waals surface area contributed by atoms with Crippen molar-refractivity contribution in [2.24, 2.45) is 0 Å². The van der Waals surface area contributed by atoms with Crippen molar-refractivity contribution in [1.82, 2.24) is 0 Å². The van der Waals surface area contributed by atoms with E-state index in [1.807, 2.05) is 24.3 Å². The van der Waals surface area contributed by atoms with Crippen LogP contribution in [0, 0.1) is 5.82 Å². The van der Waals surface area contributed by atoms with Crippen LogP contribution >= 0.6 is 0 Å². The van der Waals surface area contributed by atoms with E-state index < -0.39 is 5.82 Å². The standard InChI is InChI=1S/C17H15FO3/c1-20-10-11-3-2-4-12(7-11)16-9-15(19)14-6-5-13(18)8-17(14)21-16/h2-8,16H,9-10H2,1H3. The summed E-state index contributed by atoms with van der Waals surface area (Å²) in [5.41, 5.74) is 2.35. The number of carbonyl (C=O) groups is 1. The van der Waals surface area contributed by atoms with Gasteiger partial charge in [0, 0.05) is 13.2 Å². The lowest BCUT2D eigenvalue weighted by Crippen LogP contribution is -2.20. The lowest BCUT2D eigenvalue weighted by atomic mass is 9.95. The number of hydrogen-bond acceptors (Lipinski definition) is 3. The number of methoxy groups -OCH3 is 1. The highest BCUT2D eigenvalue weighted by atomic mass is 19.1. The molecule has 4 heteroatoms. The molecular formula is C17H15FO3. The van der Waals surface area contributed by atoms with Crippen LogP contribution in [-0.4, -0.2) is 12.9 Å². The molecule has 108 valence electrons. The van der Waals surface area contributed by atoms with Gasteiger partial charge in [0.2, 0.25) is 0 Å².